The van der Waals surface area contributed by atoms with Crippen molar-refractivity contribution in [2.24, 2.45) is 0 Å². The van der Waals surface area contributed by atoms with Gasteiger partial charge in [-0.3, -0.25) is 4.79 Å². The number of carbonyl (C=O) groups excluding carboxylic acids is 1. The number of aromatic nitrogens is 3. The highest BCUT2D eigenvalue weighted by molar-refractivity contribution is 5.92. The Labute approximate surface area is 165 Å². The van der Waals surface area contributed by atoms with E-state index in [-0.39, 0.29) is 24.4 Å². The van der Waals surface area contributed by atoms with Gasteiger partial charge in [0, 0.05) is 48.9 Å². The van der Waals surface area contributed by atoms with Crippen LogP contribution in [-0.4, -0.2) is 51.1 Å². The lowest BCUT2D eigenvalue weighted by Crippen LogP contribution is -2.52. The van der Waals surface area contributed by atoms with E-state index in [0.29, 0.717) is 12.8 Å². The minimum absolute atomic E-state index is 0. The van der Waals surface area contributed by atoms with E-state index < -0.39 is 0 Å². The van der Waals surface area contributed by atoms with Crippen LogP contribution < -0.4 is 5.32 Å². The fourth-order valence-electron chi connectivity index (χ4n) is 3.93. The van der Waals surface area contributed by atoms with Crippen molar-refractivity contribution in [3.63, 3.8) is 0 Å². The molecule has 1 aliphatic rings. The maximum absolute atomic E-state index is 12.7. The first-order valence-corrected chi connectivity index (χ1v) is 9.30. The Morgan fingerprint density at radius 1 is 1.30 bits per heavy atom. The summed E-state index contributed by atoms with van der Waals surface area (Å²) in [5, 5.41) is 9.09. The molecule has 1 aromatic carbocycles. The van der Waals surface area contributed by atoms with Crippen molar-refractivity contribution in [1.29, 1.82) is 0 Å². The maximum atomic E-state index is 12.7. The van der Waals surface area contributed by atoms with Crippen LogP contribution in [0.2, 0.25) is 0 Å². The molecule has 7 heteroatoms. The Morgan fingerprint density at radius 2 is 2.07 bits per heavy atom. The number of nitrogens with zero attached hydrogens (tertiary/aromatic N) is 4. The quantitative estimate of drug-likeness (QED) is 0.750. The predicted octanol–water partition coefficient (Wildman–Crippen LogP) is 2.67. The third-order valence-electron chi connectivity index (χ3n) is 5.43. The van der Waals surface area contributed by atoms with Crippen LogP contribution in [0.15, 0.2) is 24.3 Å². The summed E-state index contributed by atoms with van der Waals surface area (Å²) in [5.41, 5.74) is 5.03. The number of rotatable bonds is 3. The van der Waals surface area contributed by atoms with Crippen LogP contribution in [0.3, 0.4) is 0 Å². The zero-order chi connectivity index (χ0) is 18.3. The summed E-state index contributed by atoms with van der Waals surface area (Å²) in [7, 11) is 0. The molecule has 0 saturated carbocycles. The third kappa shape index (κ3) is 3.51. The average molecular weight is 388 g/mol. The molecule has 1 atom stereocenters. The number of aryl methyl sites for hydroxylation is 2. The van der Waals surface area contributed by atoms with Gasteiger partial charge in [0.05, 0.1) is 5.52 Å². The van der Waals surface area contributed by atoms with Gasteiger partial charge in [-0.05, 0) is 44.9 Å². The van der Waals surface area contributed by atoms with Gasteiger partial charge in [-0.2, -0.15) is 5.10 Å². The van der Waals surface area contributed by atoms with Gasteiger partial charge in [-0.1, -0.05) is 12.1 Å². The van der Waals surface area contributed by atoms with Crippen LogP contribution in [0.25, 0.3) is 16.6 Å². The van der Waals surface area contributed by atoms with Gasteiger partial charge in [-0.25, -0.2) is 9.50 Å². The molecule has 4 rings (SSSR count). The van der Waals surface area contributed by atoms with Crippen LogP contribution in [0.5, 0.6) is 0 Å². The summed E-state index contributed by atoms with van der Waals surface area (Å²) in [5.74, 6) is 0.225. The number of nitrogens with one attached hydrogen (secondary N) is 1. The molecule has 0 radical (unpaired) electrons. The minimum atomic E-state index is 0. The van der Waals surface area contributed by atoms with Crippen LogP contribution >= 0.6 is 12.4 Å². The summed E-state index contributed by atoms with van der Waals surface area (Å²) < 4.78 is 1.92. The van der Waals surface area contributed by atoms with Gasteiger partial charge in [-0.15, -0.1) is 12.4 Å². The Balaban J connectivity index is 0.00000210. The second kappa shape index (κ2) is 7.82. The van der Waals surface area contributed by atoms with Crippen LogP contribution in [0, 0.1) is 13.8 Å². The molecule has 27 heavy (non-hydrogen) atoms. The monoisotopic (exact) mass is 387 g/mol. The van der Waals surface area contributed by atoms with Crippen LogP contribution in [-0.2, 0) is 11.2 Å². The SMILES string of the molecule is Cc1nc2c3ccccc3nn2c(C)c1CCC(=O)N1CCNC[C@H]1C.Cl. The normalized spacial score (nSPS) is 17.3. The smallest absolute Gasteiger partial charge is 0.223 e. The second-order valence-corrected chi connectivity index (χ2v) is 7.15. The van der Waals surface area contributed by atoms with Crippen molar-refractivity contribution in [3.05, 3.63) is 41.2 Å². The number of fused-ring (bicyclic) bond motifs is 3. The van der Waals surface area contributed by atoms with E-state index >= 15 is 0 Å². The van der Waals surface area contributed by atoms with E-state index in [2.05, 4.69) is 25.2 Å². The summed E-state index contributed by atoms with van der Waals surface area (Å²) in [6.45, 7) is 8.74. The molecule has 6 nitrogen and oxygen atoms in total. The number of benzene rings is 1. The molecule has 0 unspecified atom stereocenters. The lowest BCUT2D eigenvalue weighted by Gasteiger charge is -2.34. The first kappa shape index (κ1) is 19.6. The highest BCUT2D eigenvalue weighted by Crippen LogP contribution is 2.23. The second-order valence-electron chi connectivity index (χ2n) is 7.15. The molecule has 1 amide bonds. The molecule has 1 fully saturated rings. The molecule has 0 aliphatic carbocycles. The summed E-state index contributed by atoms with van der Waals surface area (Å²) in [6, 6.07) is 8.32. The van der Waals surface area contributed by atoms with Gasteiger partial charge in [0.25, 0.3) is 0 Å². The molecule has 3 aromatic rings. The Bertz CT molecular complexity index is 983. The number of halogens is 1. The molecule has 3 heterocycles. The van der Waals surface area contributed by atoms with E-state index in [9.17, 15) is 4.79 Å². The molecule has 0 bridgehead atoms. The summed E-state index contributed by atoms with van der Waals surface area (Å²) in [6.07, 6.45) is 1.21. The van der Waals surface area contributed by atoms with Gasteiger partial charge in [0.1, 0.15) is 0 Å². The predicted molar refractivity (Wildman–Crippen MR) is 110 cm³/mol. The standard InChI is InChI=1S/C20H25N5O.ClH/c1-13-12-21-10-11-24(13)19(26)9-8-16-14(2)22-20-17-6-4-5-7-18(17)23-25(20)15(16)3;/h4-7,13,21H,8-12H2,1-3H3;1H/t13-;/m1./s1. The number of carbonyl (C=O) groups is 1. The third-order valence-corrected chi connectivity index (χ3v) is 5.43. The number of hydrogen-bond acceptors (Lipinski definition) is 4. The molecule has 1 aliphatic heterocycles. The lowest BCUT2D eigenvalue weighted by molar-refractivity contribution is -0.133. The van der Waals surface area contributed by atoms with E-state index in [1.54, 1.807) is 0 Å². The van der Waals surface area contributed by atoms with E-state index in [1.807, 2.05) is 34.5 Å². The zero-order valence-electron chi connectivity index (χ0n) is 16.0. The van der Waals surface area contributed by atoms with Crippen LogP contribution in [0.1, 0.15) is 30.3 Å². The summed E-state index contributed by atoms with van der Waals surface area (Å²) in [4.78, 5) is 19.5. The minimum Gasteiger partial charge on any atom is -0.337 e. The Morgan fingerprint density at radius 3 is 2.85 bits per heavy atom. The zero-order valence-corrected chi connectivity index (χ0v) is 16.8. The molecule has 1 N–H and O–H groups in total. The van der Waals surface area contributed by atoms with Crippen molar-refractivity contribution in [2.45, 2.75) is 39.7 Å². The first-order chi connectivity index (χ1) is 12.6. The highest BCUT2D eigenvalue weighted by atomic mass is 35.5. The molecule has 2 aromatic heterocycles. The van der Waals surface area contributed by atoms with E-state index in [1.165, 1.54) is 0 Å². The van der Waals surface area contributed by atoms with Gasteiger partial charge >= 0.3 is 0 Å². The van der Waals surface area contributed by atoms with Crippen LogP contribution in [0.4, 0.5) is 0 Å². The number of amides is 1. The van der Waals surface area contributed by atoms with E-state index in [4.69, 9.17) is 10.1 Å². The number of hydrogen-bond donors (Lipinski definition) is 1. The van der Waals surface area contributed by atoms with Crippen molar-refractivity contribution in [1.82, 2.24) is 24.8 Å². The van der Waals surface area contributed by atoms with Crippen molar-refractivity contribution < 1.29 is 4.79 Å². The lowest BCUT2D eigenvalue weighted by atomic mass is 10.0. The molecular weight excluding hydrogens is 362 g/mol. The number of piperazine rings is 1. The average Bonchev–Trinajstić information content (AvgIpc) is 3.01. The topological polar surface area (TPSA) is 62.5 Å². The van der Waals surface area contributed by atoms with Crippen molar-refractivity contribution >= 4 is 34.9 Å². The molecule has 144 valence electrons. The molecule has 0 spiro atoms. The van der Waals surface area contributed by atoms with Gasteiger partial charge in [0.15, 0.2) is 5.65 Å². The largest absolute Gasteiger partial charge is 0.337 e. The van der Waals surface area contributed by atoms with Gasteiger partial charge in [0.2, 0.25) is 5.91 Å². The molecular formula is C20H26ClN5O. The van der Waals surface area contributed by atoms with E-state index in [0.717, 1.165) is 53.1 Å². The first-order valence-electron chi connectivity index (χ1n) is 9.30. The summed E-state index contributed by atoms with van der Waals surface area (Å²) >= 11 is 0. The Kier molecular flexibility index (Phi) is 5.67. The highest BCUT2D eigenvalue weighted by Gasteiger charge is 2.23. The van der Waals surface area contributed by atoms with Crippen molar-refractivity contribution in [2.75, 3.05) is 19.6 Å². The molecule has 1 saturated heterocycles. The maximum Gasteiger partial charge on any atom is 0.223 e. The fourth-order valence-corrected chi connectivity index (χ4v) is 3.93. The van der Waals surface area contributed by atoms with Crippen molar-refractivity contribution in [3.8, 4) is 0 Å². The fraction of sp³-hybridized carbons (Fsp3) is 0.450. The van der Waals surface area contributed by atoms with Gasteiger partial charge < -0.3 is 10.2 Å². The Hall–Kier alpha value is -2.18.